The highest BCUT2D eigenvalue weighted by Gasteiger charge is 2.29. The molecule has 1 N–H and O–H groups in total. The van der Waals surface area contributed by atoms with Crippen LogP contribution in [-0.2, 0) is 12.7 Å². The number of halogens is 5. The maximum Gasteiger partial charge on any atom is 0.416 e. The van der Waals surface area contributed by atoms with Gasteiger partial charge in [0, 0.05) is 6.54 Å². The number of alkyl halides is 3. The Morgan fingerprint density at radius 1 is 1.14 bits per heavy atom. The molecule has 0 bridgehead atoms. The van der Waals surface area contributed by atoms with E-state index in [0.717, 1.165) is 17.7 Å². The summed E-state index contributed by atoms with van der Waals surface area (Å²) < 4.78 is 37.4. The average Bonchev–Trinajstić information content (AvgIpc) is 2.37. The Kier molecular flexibility index (Phi) is 4.64. The van der Waals surface area contributed by atoms with E-state index >= 15 is 0 Å². The minimum Gasteiger partial charge on any atom is -0.378 e. The minimum atomic E-state index is -4.33. The first-order valence-electron chi connectivity index (χ1n) is 6.00. The van der Waals surface area contributed by atoms with Crippen molar-refractivity contribution in [3.63, 3.8) is 0 Å². The largest absolute Gasteiger partial charge is 0.416 e. The van der Waals surface area contributed by atoms with Crippen molar-refractivity contribution >= 4 is 28.9 Å². The van der Waals surface area contributed by atoms with Crippen molar-refractivity contribution in [3.05, 3.63) is 57.3 Å². The Morgan fingerprint density at radius 3 is 2.29 bits per heavy atom. The van der Waals surface area contributed by atoms with Gasteiger partial charge in [-0.3, -0.25) is 0 Å². The Bertz CT molecular complexity index is 617. The first kappa shape index (κ1) is 15.9. The van der Waals surface area contributed by atoms with E-state index in [1.54, 1.807) is 6.07 Å². The molecule has 21 heavy (non-hydrogen) atoms. The molecular weight excluding hydrogens is 324 g/mol. The normalized spacial score (nSPS) is 11.5. The second kappa shape index (κ2) is 6.12. The predicted octanol–water partition coefficient (Wildman–Crippen LogP) is 5.33. The molecule has 1 heterocycles. The van der Waals surface area contributed by atoms with Crippen LogP contribution < -0.4 is 5.32 Å². The van der Waals surface area contributed by atoms with Crippen molar-refractivity contribution in [2.75, 3.05) is 5.32 Å². The van der Waals surface area contributed by atoms with E-state index in [-0.39, 0.29) is 10.3 Å². The minimum absolute atomic E-state index is 0.229. The number of rotatable bonds is 3. The lowest BCUT2D eigenvalue weighted by Crippen LogP contribution is -2.06. The molecule has 2 rings (SSSR count). The number of hydrogen-bond donors (Lipinski definition) is 1. The number of anilines is 1. The van der Waals surface area contributed by atoms with Crippen LogP contribution in [0, 0.1) is 6.92 Å². The highest BCUT2D eigenvalue weighted by Crippen LogP contribution is 2.30. The summed E-state index contributed by atoms with van der Waals surface area (Å²) in [7, 11) is 0. The van der Waals surface area contributed by atoms with Gasteiger partial charge in [0.25, 0.3) is 0 Å². The highest BCUT2D eigenvalue weighted by molar-refractivity contribution is 6.34. The lowest BCUT2D eigenvalue weighted by atomic mass is 10.1. The highest BCUT2D eigenvalue weighted by atomic mass is 35.5. The third kappa shape index (κ3) is 4.02. The molecule has 7 heteroatoms. The summed E-state index contributed by atoms with van der Waals surface area (Å²) in [6.45, 7) is 2.15. The molecule has 2 nitrogen and oxygen atoms in total. The Labute approximate surface area is 129 Å². The van der Waals surface area contributed by atoms with Crippen LogP contribution in [0.1, 0.15) is 16.7 Å². The zero-order chi connectivity index (χ0) is 15.6. The van der Waals surface area contributed by atoms with Gasteiger partial charge in [-0.25, -0.2) is 4.98 Å². The number of nitrogens with one attached hydrogen (secondary N) is 1. The Morgan fingerprint density at radius 2 is 1.76 bits per heavy atom. The first-order valence-corrected chi connectivity index (χ1v) is 6.75. The maximum absolute atomic E-state index is 12.5. The van der Waals surface area contributed by atoms with E-state index in [0.29, 0.717) is 17.8 Å². The SMILES string of the molecule is Cc1cc(Cl)nc(Cl)c1NCc1ccc(C(F)(F)F)cc1. The molecule has 1 aromatic carbocycles. The smallest absolute Gasteiger partial charge is 0.378 e. The molecule has 0 spiro atoms. The molecule has 0 saturated heterocycles. The van der Waals surface area contributed by atoms with Crippen molar-refractivity contribution < 1.29 is 13.2 Å². The number of nitrogens with zero attached hydrogens (tertiary/aromatic N) is 1. The van der Waals surface area contributed by atoms with Crippen LogP contribution in [-0.4, -0.2) is 4.98 Å². The Hall–Kier alpha value is -1.46. The van der Waals surface area contributed by atoms with Gasteiger partial charge in [-0.05, 0) is 36.2 Å². The lowest BCUT2D eigenvalue weighted by Gasteiger charge is -2.12. The molecule has 0 aliphatic heterocycles. The standard InChI is InChI=1S/C14H11Cl2F3N2/c1-8-6-11(15)21-13(16)12(8)20-7-9-2-4-10(5-3-9)14(17,18)19/h2-6,20H,7H2,1H3. The van der Waals surface area contributed by atoms with E-state index in [1.165, 1.54) is 12.1 Å². The fraction of sp³-hybridized carbons (Fsp3) is 0.214. The van der Waals surface area contributed by atoms with Gasteiger partial charge < -0.3 is 5.32 Å². The number of aryl methyl sites for hydroxylation is 1. The van der Waals surface area contributed by atoms with Crippen LogP contribution in [0.4, 0.5) is 18.9 Å². The van der Waals surface area contributed by atoms with Crippen LogP contribution in [0.25, 0.3) is 0 Å². The van der Waals surface area contributed by atoms with Crippen molar-refractivity contribution in [2.24, 2.45) is 0 Å². The summed E-state index contributed by atoms with van der Waals surface area (Å²) in [6, 6.07) is 6.59. The quantitative estimate of drug-likeness (QED) is 0.767. The zero-order valence-corrected chi connectivity index (χ0v) is 12.4. The summed E-state index contributed by atoms with van der Waals surface area (Å²) in [5, 5.41) is 3.57. The third-order valence-corrected chi connectivity index (χ3v) is 3.36. The van der Waals surface area contributed by atoms with Crippen molar-refractivity contribution in [2.45, 2.75) is 19.6 Å². The summed E-state index contributed by atoms with van der Waals surface area (Å²) in [5.74, 6) is 0. The zero-order valence-electron chi connectivity index (χ0n) is 10.9. The van der Waals surface area contributed by atoms with Gasteiger partial charge in [-0.15, -0.1) is 0 Å². The van der Waals surface area contributed by atoms with Crippen molar-refractivity contribution in [1.82, 2.24) is 4.98 Å². The molecule has 2 aromatic rings. The molecule has 112 valence electrons. The van der Waals surface area contributed by atoms with Gasteiger partial charge in [0.15, 0.2) is 5.15 Å². The molecule has 0 aliphatic carbocycles. The molecule has 0 aliphatic rings. The fourth-order valence-corrected chi connectivity index (χ4v) is 2.41. The summed E-state index contributed by atoms with van der Waals surface area (Å²) in [5.41, 5.74) is 1.45. The van der Waals surface area contributed by atoms with Crippen LogP contribution in [0.2, 0.25) is 10.3 Å². The van der Waals surface area contributed by atoms with E-state index < -0.39 is 11.7 Å². The monoisotopic (exact) mass is 334 g/mol. The van der Waals surface area contributed by atoms with E-state index in [1.807, 2.05) is 6.92 Å². The van der Waals surface area contributed by atoms with Crippen LogP contribution in [0.3, 0.4) is 0 Å². The molecule has 0 radical (unpaired) electrons. The van der Waals surface area contributed by atoms with E-state index in [9.17, 15) is 13.2 Å². The topological polar surface area (TPSA) is 24.9 Å². The van der Waals surface area contributed by atoms with Gasteiger partial charge in [0.05, 0.1) is 11.3 Å². The number of benzene rings is 1. The summed E-state index contributed by atoms with van der Waals surface area (Å²) in [6.07, 6.45) is -4.33. The van der Waals surface area contributed by atoms with Gasteiger partial charge in [-0.1, -0.05) is 35.3 Å². The molecule has 0 saturated carbocycles. The molecule has 0 fully saturated rings. The van der Waals surface area contributed by atoms with E-state index in [4.69, 9.17) is 23.2 Å². The Balaban J connectivity index is 2.10. The molecule has 0 unspecified atom stereocenters. The second-order valence-corrected chi connectivity index (χ2v) is 5.22. The van der Waals surface area contributed by atoms with Gasteiger partial charge in [-0.2, -0.15) is 13.2 Å². The van der Waals surface area contributed by atoms with Crippen molar-refractivity contribution in [3.8, 4) is 0 Å². The third-order valence-electron chi connectivity index (χ3n) is 2.89. The van der Waals surface area contributed by atoms with Gasteiger partial charge >= 0.3 is 6.18 Å². The molecular formula is C14H11Cl2F3N2. The molecule has 0 amide bonds. The van der Waals surface area contributed by atoms with Crippen molar-refractivity contribution in [1.29, 1.82) is 0 Å². The van der Waals surface area contributed by atoms with Crippen LogP contribution in [0.5, 0.6) is 0 Å². The first-order chi connectivity index (χ1) is 9.77. The van der Waals surface area contributed by atoms with Gasteiger partial charge in [0.1, 0.15) is 5.15 Å². The maximum atomic E-state index is 12.5. The second-order valence-electron chi connectivity index (χ2n) is 4.48. The van der Waals surface area contributed by atoms with E-state index in [2.05, 4.69) is 10.3 Å². The summed E-state index contributed by atoms with van der Waals surface area (Å²) in [4.78, 5) is 3.91. The van der Waals surface area contributed by atoms with Crippen LogP contribution >= 0.6 is 23.2 Å². The number of hydrogen-bond acceptors (Lipinski definition) is 2. The summed E-state index contributed by atoms with van der Waals surface area (Å²) >= 11 is 11.7. The fourth-order valence-electron chi connectivity index (χ4n) is 1.81. The van der Waals surface area contributed by atoms with Gasteiger partial charge in [0.2, 0.25) is 0 Å². The molecule has 1 aromatic heterocycles. The number of aromatic nitrogens is 1. The molecule has 0 atom stereocenters. The number of pyridine rings is 1. The predicted molar refractivity (Wildman–Crippen MR) is 77.8 cm³/mol. The lowest BCUT2D eigenvalue weighted by molar-refractivity contribution is -0.137. The average molecular weight is 335 g/mol. The van der Waals surface area contributed by atoms with Crippen LogP contribution in [0.15, 0.2) is 30.3 Å².